The summed E-state index contributed by atoms with van der Waals surface area (Å²) in [5.41, 5.74) is -0.0281. The first-order valence-electron chi connectivity index (χ1n) is 10.6. The largest absolute Gasteiger partial charge is 0.494 e. The smallest absolute Gasteiger partial charge is 0.318 e. The minimum Gasteiger partial charge on any atom is -0.494 e. The summed E-state index contributed by atoms with van der Waals surface area (Å²) in [4.78, 5) is 15.1. The van der Waals surface area contributed by atoms with Crippen molar-refractivity contribution in [3.63, 3.8) is 0 Å². The average molecular weight is 409 g/mol. The van der Waals surface area contributed by atoms with Crippen LogP contribution in [0.1, 0.15) is 72.4 Å². The van der Waals surface area contributed by atoms with E-state index in [1.165, 1.54) is 13.2 Å². The molecule has 1 aliphatic rings. The summed E-state index contributed by atoms with van der Waals surface area (Å²) in [6.45, 7) is 13.5. The first kappa shape index (κ1) is 23.5. The van der Waals surface area contributed by atoms with Crippen LogP contribution in [0.2, 0.25) is 0 Å². The second-order valence-corrected chi connectivity index (χ2v) is 9.45. The number of carbonyl (C=O) groups excluding carboxylic acids is 1. The highest BCUT2D eigenvalue weighted by atomic mass is 19.1. The van der Waals surface area contributed by atoms with Crippen molar-refractivity contribution in [2.24, 2.45) is 5.41 Å². The van der Waals surface area contributed by atoms with E-state index < -0.39 is 11.4 Å². The van der Waals surface area contributed by atoms with Gasteiger partial charge in [-0.1, -0.05) is 46.6 Å². The van der Waals surface area contributed by atoms with Gasteiger partial charge in [0.1, 0.15) is 0 Å². The number of carbonyl (C=O) groups is 1. The molecule has 2 atom stereocenters. The molecule has 1 aromatic carbocycles. The summed E-state index contributed by atoms with van der Waals surface area (Å²) >= 11 is 0. The van der Waals surface area contributed by atoms with Gasteiger partial charge in [-0.05, 0) is 43.4 Å². The van der Waals surface area contributed by atoms with E-state index in [9.17, 15) is 9.18 Å². The number of morpholine rings is 1. The van der Waals surface area contributed by atoms with Crippen LogP contribution in [-0.4, -0.2) is 42.8 Å². The summed E-state index contributed by atoms with van der Waals surface area (Å²) < 4.78 is 25.7. The highest BCUT2D eigenvalue weighted by molar-refractivity contribution is 5.76. The minimum atomic E-state index is -0.577. The third-order valence-electron chi connectivity index (χ3n) is 5.62. The van der Waals surface area contributed by atoms with Gasteiger partial charge in [-0.2, -0.15) is 0 Å². The van der Waals surface area contributed by atoms with Crippen LogP contribution in [0.15, 0.2) is 18.2 Å². The number of halogens is 1. The zero-order chi connectivity index (χ0) is 21.8. The lowest BCUT2D eigenvalue weighted by molar-refractivity contribution is -0.162. The molecule has 6 heteroatoms. The zero-order valence-electron chi connectivity index (χ0n) is 19.0. The van der Waals surface area contributed by atoms with Gasteiger partial charge in [0, 0.05) is 6.54 Å². The summed E-state index contributed by atoms with van der Waals surface area (Å²) in [6, 6.07) is 4.34. The van der Waals surface area contributed by atoms with Crippen molar-refractivity contribution in [1.29, 1.82) is 0 Å². The number of urea groups is 1. The van der Waals surface area contributed by atoms with E-state index in [2.05, 4.69) is 33.0 Å². The predicted octanol–water partition coefficient (Wildman–Crippen LogP) is 5.30. The average Bonchev–Trinajstić information content (AvgIpc) is 2.62. The molecule has 2 rings (SSSR count). The van der Waals surface area contributed by atoms with Crippen LogP contribution < -0.4 is 10.1 Å². The van der Waals surface area contributed by atoms with Crippen molar-refractivity contribution in [3.8, 4) is 5.75 Å². The van der Waals surface area contributed by atoms with Crippen LogP contribution in [-0.2, 0) is 4.74 Å². The van der Waals surface area contributed by atoms with Gasteiger partial charge >= 0.3 is 6.03 Å². The van der Waals surface area contributed by atoms with Crippen molar-refractivity contribution in [1.82, 2.24) is 10.2 Å². The Morgan fingerprint density at radius 1 is 1.34 bits per heavy atom. The van der Waals surface area contributed by atoms with E-state index >= 15 is 0 Å². The van der Waals surface area contributed by atoms with Crippen molar-refractivity contribution in [2.75, 3.05) is 20.3 Å². The molecule has 1 heterocycles. The van der Waals surface area contributed by atoms with E-state index in [0.29, 0.717) is 18.7 Å². The van der Waals surface area contributed by atoms with Gasteiger partial charge < -0.3 is 19.7 Å². The molecule has 2 unspecified atom stereocenters. The lowest BCUT2D eigenvalue weighted by atomic mass is 9.75. The summed E-state index contributed by atoms with van der Waals surface area (Å²) in [6.07, 6.45) is 2.96. The van der Waals surface area contributed by atoms with Gasteiger partial charge in [0.05, 0.1) is 31.4 Å². The molecule has 0 radical (unpaired) electrons. The van der Waals surface area contributed by atoms with Crippen LogP contribution in [0.3, 0.4) is 0 Å². The number of amides is 2. The first-order valence-corrected chi connectivity index (χ1v) is 10.6. The lowest BCUT2D eigenvalue weighted by Crippen LogP contribution is -2.66. The fraction of sp³-hybridized carbons (Fsp3) is 0.696. The maximum atomic E-state index is 14.4. The Bertz CT molecular complexity index is 700. The monoisotopic (exact) mass is 408 g/mol. The third kappa shape index (κ3) is 5.21. The molecule has 1 saturated heterocycles. The Labute approximate surface area is 174 Å². The van der Waals surface area contributed by atoms with Crippen molar-refractivity contribution >= 4 is 6.03 Å². The molecule has 2 amide bonds. The maximum Gasteiger partial charge on any atom is 0.318 e. The van der Waals surface area contributed by atoms with Gasteiger partial charge in [0.15, 0.2) is 11.6 Å². The molecule has 0 saturated carbocycles. The topological polar surface area (TPSA) is 50.8 Å². The molecule has 1 N–H and O–H groups in total. The lowest BCUT2D eigenvalue weighted by Gasteiger charge is -2.55. The molecule has 0 aliphatic carbocycles. The molecule has 1 fully saturated rings. The molecule has 164 valence electrons. The summed E-state index contributed by atoms with van der Waals surface area (Å²) in [5, 5.41) is 3.06. The van der Waals surface area contributed by atoms with Crippen molar-refractivity contribution in [2.45, 2.75) is 78.5 Å². The molecule has 0 aromatic heterocycles. The predicted molar refractivity (Wildman–Crippen MR) is 114 cm³/mol. The van der Waals surface area contributed by atoms with Gasteiger partial charge in [-0.25, -0.2) is 9.18 Å². The number of rotatable bonds is 6. The minimum absolute atomic E-state index is 0.134. The molecule has 29 heavy (non-hydrogen) atoms. The Morgan fingerprint density at radius 3 is 2.59 bits per heavy atom. The molecule has 0 spiro atoms. The Morgan fingerprint density at radius 2 is 2.03 bits per heavy atom. The molecular weight excluding hydrogens is 371 g/mol. The fourth-order valence-electron chi connectivity index (χ4n) is 4.50. The number of unbranched alkanes of at least 4 members (excludes halogenated alkanes) is 2. The van der Waals surface area contributed by atoms with Gasteiger partial charge in [0.2, 0.25) is 0 Å². The van der Waals surface area contributed by atoms with Crippen molar-refractivity contribution in [3.05, 3.63) is 29.6 Å². The number of hydrogen-bond donors (Lipinski definition) is 1. The second kappa shape index (κ2) is 9.33. The number of methoxy groups -OCH3 is 1. The fourth-order valence-corrected chi connectivity index (χ4v) is 4.50. The molecular formula is C23H37FN2O3. The SMILES string of the molecule is CCCCCNC(=O)N1C(c2ccc(OC)c(F)c2)COC(C(C)(C)C)C1(C)C. The number of nitrogens with one attached hydrogen (secondary N) is 1. The van der Waals surface area contributed by atoms with Crippen LogP contribution in [0.25, 0.3) is 0 Å². The van der Waals surface area contributed by atoms with E-state index in [0.717, 1.165) is 19.3 Å². The standard InChI is InChI=1S/C23H37FN2O3/c1-8-9-10-13-25-21(27)26-18(16-11-12-19(28-7)17(24)14-16)15-29-20(22(2,3)4)23(26,5)6/h11-12,14,18,20H,8-10,13,15H2,1-7H3,(H,25,27). The van der Waals surface area contributed by atoms with E-state index in [4.69, 9.17) is 9.47 Å². The van der Waals surface area contributed by atoms with Crippen LogP contribution in [0, 0.1) is 11.2 Å². The quantitative estimate of drug-likeness (QED) is 0.650. The van der Waals surface area contributed by atoms with Crippen LogP contribution in [0.5, 0.6) is 5.75 Å². The summed E-state index contributed by atoms with van der Waals surface area (Å²) in [5.74, 6) is -0.253. The third-order valence-corrected chi connectivity index (χ3v) is 5.62. The number of hydrogen-bond acceptors (Lipinski definition) is 3. The summed E-state index contributed by atoms with van der Waals surface area (Å²) in [7, 11) is 1.44. The number of ether oxygens (including phenoxy) is 2. The highest BCUT2D eigenvalue weighted by Crippen LogP contribution is 2.43. The van der Waals surface area contributed by atoms with Gasteiger partial charge in [0.25, 0.3) is 0 Å². The Balaban J connectivity index is 2.38. The molecule has 0 bridgehead atoms. The van der Waals surface area contributed by atoms with Gasteiger partial charge in [-0.3, -0.25) is 0 Å². The normalized spacial score (nSPS) is 21.7. The van der Waals surface area contributed by atoms with Crippen LogP contribution in [0.4, 0.5) is 9.18 Å². The Hall–Kier alpha value is -1.82. The zero-order valence-corrected chi connectivity index (χ0v) is 19.0. The second-order valence-electron chi connectivity index (χ2n) is 9.45. The van der Waals surface area contributed by atoms with Crippen LogP contribution >= 0.6 is 0 Å². The molecule has 1 aromatic rings. The first-order chi connectivity index (χ1) is 13.5. The maximum absolute atomic E-state index is 14.4. The van der Waals surface area contributed by atoms with E-state index in [1.807, 2.05) is 18.7 Å². The van der Waals surface area contributed by atoms with Gasteiger partial charge in [-0.15, -0.1) is 0 Å². The number of benzene rings is 1. The van der Waals surface area contributed by atoms with Crippen molar-refractivity contribution < 1.29 is 18.7 Å². The van der Waals surface area contributed by atoms with E-state index in [-0.39, 0.29) is 29.3 Å². The molecule has 1 aliphatic heterocycles. The Kier molecular flexibility index (Phi) is 7.55. The number of nitrogens with zero attached hydrogens (tertiary/aromatic N) is 1. The highest BCUT2D eigenvalue weighted by Gasteiger charge is 2.51. The molecule has 5 nitrogen and oxygen atoms in total. The van der Waals surface area contributed by atoms with E-state index in [1.54, 1.807) is 12.1 Å².